The summed E-state index contributed by atoms with van der Waals surface area (Å²) in [5, 5.41) is 1.58. The molecule has 0 radical (unpaired) electrons. The normalized spacial score (nSPS) is 18.0. The summed E-state index contributed by atoms with van der Waals surface area (Å²) >= 11 is 0. The van der Waals surface area contributed by atoms with Crippen LogP contribution in [-0.4, -0.2) is 45.0 Å². The molecule has 0 bridgehead atoms. The third-order valence-electron chi connectivity index (χ3n) is 4.35. The van der Waals surface area contributed by atoms with Crippen LogP contribution in [0.4, 0.5) is 0 Å². The van der Waals surface area contributed by atoms with Crippen molar-refractivity contribution < 1.29 is 22.7 Å². The second kappa shape index (κ2) is 7.47. The Morgan fingerprint density at radius 2 is 1.96 bits per heavy atom. The SMILES string of the molecule is CCOC(=O)[C@H]1CC=CCN1S(=O)(=O)c1ccc2ccccc2c1OC. The van der Waals surface area contributed by atoms with E-state index in [4.69, 9.17) is 9.47 Å². The molecule has 6 nitrogen and oxygen atoms in total. The highest BCUT2D eigenvalue weighted by Crippen LogP contribution is 2.35. The minimum Gasteiger partial charge on any atom is -0.495 e. The molecule has 7 heteroatoms. The molecule has 0 saturated heterocycles. The minimum atomic E-state index is -3.95. The number of ether oxygens (including phenoxy) is 2. The van der Waals surface area contributed by atoms with Crippen LogP contribution in [0.25, 0.3) is 10.8 Å². The Hall–Kier alpha value is -2.38. The number of hydrogen-bond donors (Lipinski definition) is 0. The van der Waals surface area contributed by atoms with Gasteiger partial charge in [-0.25, -0.2) is 8.42 Å². The van der Waals surface area contributed by atoms with Gasteiger partial charge in [-0.05, 0) is 24.8 Å². The lowest BCUT2D eigenvalue weighted by molar-refractivity contribution is -0.147. The average Bonchev–Trinajstić information content (AvgIpc) is 2.67. The zero-order valence-corrected chi connectivity index (χ0v) is 15.5. The molecule has 0 fully saturated rings. The molecule has 0 unspecified atom stereocenters. The molecule has 1 atom stereocenters. The van der Waals surface area contributed by atoms with E-state index in [0.717, 1.165) is 5.39 Å². The average molecular weight is 375 g/mol. The smallest absolute Gasteiger partial charge is 0.324 e. The molecule has 26 heavy (non-hydrogen) atoms. The number of hydrogen-bond acceptors (Lipinski definition) is 5. The predicted molar refractivity (Wildman–Crippen MR) is 98.6 cm³/mol. The molecule has 0 spiro atoms. The lowest BCUT2D eigenvalue weighted by Gasteiger charge is -2.30. The van der Waals surface area contributed by atoms with Gasteiger partial charge in [-0.3, -0.25) is 4.79 Å². The summed E-state index contributed by atoms with van der Waals surface area (Å²) in [6, 6.07) is 9.79. The third kappa shape index (κ3) is 3.20. The Bertz CT molecular complexity index is 952. The lowest BCUT2D eigenvalue weighted by Crippen LogP contribution is -2.47. The van der Waals surface area contributed by atoms with E-state index in [1.807, 2.05) is 24.3 Å². The van der Waals surface area contributed by atoms with Crippen LogP contribution >= 0.6 is 0 Å². The molecule has 0 amide bonds. The molecule has 2 aromatic carbocycles. The van der Waals surface area contributed by atoms with Gasteiger partial charge in [0.05, 0.1) is 13.7 Å². The standard InChI is InChI=1S/C19H21NO5S/c1-3-25-19(21)16-10-6-7-13-20(16)26(22,23)17-12-11-14-8-4-5-9-15(14)18(17)24-2/h4-9,11-12,16H,3,10,13H2,1-2H3/t16-/m1/s1. The Morgan fingerprint density at radius 1 is 1.19 bits per heavy atom. The summed E-state index contributed by atoms with van der Waals surface area (Å²) in [6.07, 6.45) is 3.82. The van der Waals surface area contributed by atoms with Gasteiger partial charge >= 0.3 is 5.97 Å². The molecule has 1 aliphatic rings. The number of nitrogens with zero attached hydrogens (tertiary/aromatic N) is 1. The first-order chi connectivity index (χ1) is 12.5. The second-order valence-corrected chi connectivity index (χ2v) is 7.73. The summed E-state index contributed by atoms with van der Waals surface area (Å²) in [6.45, 7) is 2.01. The fraction of sp³-hybridized carbons (Fsp3) is 0.316. The molecule has 3 rings (SSSR count). The summed E-state index contributed by atoms with van der Waals surface area (Å²) in [5.41, 5.74) is 0. The summed E-state index contributed by atoms with van der Waals surface area (Å²) < 4.78 is 38.3. The maximum Gasteiger partial charge on any atom is 0.324 e. The van der Waals surface area contributed by atoms with Crippen LogP contribution in [0.1, 0.15) is 13.3 Å². The van der Waals surface area contributed by atoms with E-state index in [9.17, 15) is 13.2 Å². The molecule has 0 aromatic heterocycles. The first kappa shape index (κ1) is 18.4. The highest BCUT2D eigenvalue weighted by atomic mass is 32.2. The Balaban J connectivity index is 2.11. The van der Waals surface area contributed by atoms with E-state index >= 15 is 0 Å². The summed E-state index contributed by atoms with van der Waals surface area (Å²) in [5.74, 6) is -0.263. The molecular weight excluding hydrogens is 354 g/mol. The highest BCUT2D eigenvalue weighted by Gasteiger charge is 2.38. The molecule has 0 saturated carbocycles. The quantitative estimate of drug-likeness (QED) is 0.593. The van der Waals surface area contributed by atoms with E-state index in [2.05, 4.69) is 0 Å². The fourth-order valence-electron chi connectivity index (χ4n) is 3.13. The van der Waals surface area contributed by atoms with Gasteiger partial charge in [0.25, 0.3) is 0 Å². The second-order valence-electron chi connectivity index (χ2n) is 5.87. The van der Waals surface area contributed by atoms with Gasteiger partial charge < -0.3 is 9.47 Å². The Kier molecular flexibility index (Phi) is 5.29. The monoisotopic (exact) mass is 375 g/mol. The van der Waals surface area contributed by atoms with Gasteiger partial charge in [0.1, 0.15) is 16.7 Å². The lowest BCUT2D eigenvalue weighted by atomic mass is 10.1. The number of methoxy groups -OCH3 is 1. The van der Waals surface area contributed by atoms with E-state index in [1.54, 1.807) is 25.1 Å². The Labute approximate surface area is 153 Å². The van der Waals surface area contributed by atoms with Crippen LogP contribution in [0.15, 0.2) is 53.4 Å². The molecular formula is C19H21NO5S. The van der Waals surface area contributed by atoms with Gasteiger partial charge in [-0.1, -0.05) is 42.5 Å². The number of benzene rings is 2. The van der Waals surface area contributed by atoms with Crippen molar-refractivity contribution in [3.63, 3.8) is 0 Å². The van der Waals surface area contributed by atoms with Crippen molar-refractivity contribution in [2.45, 2.75) is 24.3 Å². The van der Waals surface area contributed by atoms with Gasteiger partial charge in [0, 0.05) is 11.9 Å². The summed E-state index contributed by atoms with van der Waals surface area (Å²) in [7, 11) is -2.51. The summed E-state index contributed by atoms with van der Waals surface area (Å²) in [4.78, 5) is 12.3. The van der Waals surface area contributed by atoms with Crippen molar-refractivity contribution in [3.8, 4) is 5.75 Å². The van der Waals surface area contributed by atoms with Gasteiger partial charge in [0.2, 0.25) is 10.0 Å². The van der Waals surface area contributed by atoms with Crippen molar-refractivity contribution >= 4 is 26.8 Å². The van der Waals surface area contributed by atoms with Crippen molar-refractivity contribution in [1.82, 2.24) is 4.31 Å². The van der Waals surface area contributed by atoms with E-state index in [-0.39, 0.29) is 30.2 Å². The van der Waals surface area contributed by atoms with Crippen molar-refractivity contribution in [3.05, 3.63) is 48.6 Å². The van der Waals surface area contributed by atoms with Crippen LogP contribution in [0.5, 0.6) is 5.75 Å². The zero-order valence-electron chi connectivity index (χ0n) is 14.7. The molecule has 0 aliphatic carbocycles. The van der Waals surface area contributed by atoms with E-state index in [0.29, 0.717) is 5.39 Å². The Morgan fingerprint density at radius 3 is 2.69 bits per heavy atom. The third-order valence-corrected chi connectivity index (χ3v) is 6.25. The number of sulfonamides is 1. The van der Waals surface area contributed by atoms with Crippen LogP contribution in [0.2, 0.25) is 0 Å². The van der Waals surface area contributed by atoms with Crippen LogP contribution in [0, 0.1) is 0 Å². The van der Waals surface area contributed by atoms with Gasteiger partial charge in [0.15, 0.2) is 0 Å². The molecule has 138 valence electrons. The van der Waals surface area contributed by atoms with Crippen LogP contribution in [-0.2, 0) is 19.6 Å². The number of carbonyl (C=O) groups is 1. The molecule has 0 N–H and O–H groups in total. The zero-order chi connectivity index (χ0) is 18.7. The molecule has 1 heterocycles. The predicted octanol–water partition coefficient (Wildman–Crippen LogP) is 2.73. The minimum absolute atomic E-state index is 0.0447. The molecule has 2 aromatic rings. The number of rotatable bonds is 5. The molecule has 1 aliphatic heterocycles. The maximum atomic E-state index is 13.3. The largest absolute Gasteiger partial charge is 0.495 e. The maximum absolute atomic E-state index is 13.3. The van der Waals surface area contributed by atoms with Crippen LogP contribution < -0.4 is 4.74 Å². The van der Waals surface area contributed by atoms with Gasteiger partial charge in [-0.2, -0.15) is 4.31 Å². The van der Waals surface area contributed by atoms with E-state index in [1.165, 1.54) is 17.5 Å². The number of fused-ring (bicyclic) bond motifs is 1. The van der Waals surface area contributed by atoms with Crippen molar-refractivity contribution in [2.75, 3.05) is 20.3 Å². The first-order valence-electron chi connectivity index (χ1n) is 8.40. The number of carbonyl (C=O) groups excluding carboxylic acids is 1. The van der Waals surface area contributed by atoms with E-state index < -0.39 is 22.0 Å². The van der Waals surface area contributed by atoms with Gasteiger partial charge in [-0.15, -0.1) is 0 Å². The van der Waals surface area contributed by atoms with Crippen molar-refractivity contribution in [2.24, 2.45) is 0 Å². The van der Waals surface area contributed by atoms with Crippen molar-refractivity contribution in [1.29, 1.82) is 0 Å². The van der Waals surface area contributed by atoms with Crippen LogP contribution in [0.3, 0.4) is 0 Å². The topological polar surface area (TPSA) is 72.9 Å². The number of esters is 1. The first-order valence-corrected chi connectivity index (χ1v) is 9.84. The highest BCUT2D eigenvalue weighted by molar-refractivity contribution is 7.89. The fourth-order valence-corrected chi connectivity index (χ4v) is 4.84.